The molecule has 4 aromatic rings. The van der Waals surface area contributed by atoms with E-state index in [0.717, 1.165) is 22.3 Å². The number of carbonyl (C=O) groups is 2. The second kappa shape index (κ2) is 11.4. The number of carbonyl (C=O) groups excluding carboxylic acids is 1. The molecule has 3 aromatic carbocycles. The first kappa shape index (κ1) is 27.2. The Kier molecular flexibility index (Phi) is 7.75. The predicted molar refractivity (Wildman–Crippen MR) is 153 cm³/mol. The molecule has 0 fully saturated rings. The molecule has 5 rings (SSSR count). The number of hydrogen-bond acceptors (Lipinski definition) is 5. The molecule has 9 nitrogen and oxygen atoms in total. The molecular formula is C30H29ClN4O5. The van der Waals surface area contributed by atoms with Gasteiger partial charge in [0, 0.05) is 18.5 Å². The summed E-state index contributed by atoms with van der Waals surface area (Å²) in [6.07, 6.45) is -1.46. The minimum absolute atomic E-state index is 0.0886. The van der Waals surface area contributed by atoms with E-state index in [2.05, 4.69) is 27.8 Å². The van der Waals surface area contributed by atoms with E-state index in [1.165, 1.54) is 4.57 Å². The Bertz CT molecular complexity index is 1610. The van der Waals surface area contributed by atoms with Crippen LogP contribution in [-0.2, 0) is 4.74 Å². The fourth-order valence-electron chi connectivity index (χ4n) is 5.35. The zero-order chi connectivity index (χ0) is 28.4. The average molecular weight is 561 g/mol. The zero-order valence-corrected chi connectivity index (χ0v) is 22.8. The summed E-state index contributed by atoms with van der Waals surface area (Å²) in [6, 6.07) is 20.1. The van der Waals surface area contributed by atoms with Crippen molar-refractivity contribution in [3.63, 3.8) is 0 Å². The molecule has 0 saturated heterocycles. The third kappa shape index (κ3) is 5.24. The maximum Gasteiger partial charge on any atom is 0.407 e. The lowest BCUT2D eigenvalue weighted by Crippen LogP contribution is -2.36. The first-order valence-electron chi connectivity index (χ1n) is 13.0. The van der Waals surface area contributed by atoms with Gasteiger partial charge < -0.3 is 20.5 Å². The lowest BCUT2D eigenvalue weighted by molar-refractivity contribution is 0.139. The maximum atomic E-state index is 13.6. The largest absolute Gasteiger partial charge is 0.465 e. The Morgan fingerprint density at radius 3 is 2.33 bits per heavy atom. The summed E-state index contributed by atoms with van der Waals surface area (Å²) in [6.45, 7) is 3.80. The van der Waals surface area contributed by atoms with E-state index in [4.69, 9.17) is 21.4 Å². The van der Waals surface area contributed by atoms with Crippen LogP contribution >= 0.6 is 11.6 Å². The molecule has 0 bridgehead atoms. The van der Waals surface area contributed by atoms with Crippen LogP contribution < -0.4 is 16.2 Å². The molecule has 0 spiro atoms. The lowest BCUT2D eigenvalue weighted by Gasteiger charge is -2.24. The number of fused-ring (bicyclic) bond motifs is 4. The van der Waals surface area contributed by atoms with Gasteiger partial charge in [-0.15, -0.1) is 0 Å². The Balaban J connectivity index is 1.37. The maximum absolute atomic E-state index is 13.6. The minimum atomic E-state index is -1.15. The molecule has 1 aromatic heterocycles. The van der Waals surface area contributed by atoms with Crippen molar-refractivity contribution in [2.24, 2.45) is 0 Å². The topological polar surface area (TPSA) is 123 Å². The SMILES string of the molecule is CC(CCNC(=O)O)n1c([C@H](C)NC(=O)OCC2c3ccccc3-c3ccccc32)nc2cccc(Cl)c2c1=O. The Labute approximate surface area is 235 Å². The highest BCUT2D eigenvalue weighted by molar-refractivity contribution is 6.35. The quantitative estimate of drug-likeness (QED) is 0.248. The molecule has 3 N–H and O–H groups in total. The van der Waals surface area contributed by atoms with Crippen LogP contribution in [0.4, 0.5) is 9.59 Å². The summed E-state index contributed by atoms with van der Waals surface area (Å²) in [7, 11) is 0. The lowest BCUT2D eigenvalue weighted by atomic mass is 9.98. The molecular weight excluding hydrogens is 532 g/mol. The van der Waals surface area contributed by atoms with Gasteiger partial charge in [0.1, 0.15) is 12.4 Å². The van der Waals surface area contributed by atoms with Crippen LogP contribution in [0.2, 0.25) is 5.02 Å². The number of nitrogens with zero attached hydrogens (tertiary/aromatic N) is 2. The van der Waals surface area contributed by atoms with Crippen LogP contribution in [0, 0.1) is 0 Å². The Morgan fingerprint density at radius 2 is 1.68 bits per heavy atom. The molecule has 40 heavy (non-hydrogen) atoms. The van der Waals surface area contributed by atoms with Crippen molar-refractivity contribution in [1.29, 1.82) is 0 Å². The number of rotatable bonds is 8. The van der Waals surface area contributed by atoms with Gasteiger partial charge in [-0.3, -0.25) is 9.36 Å². The second-order valence-electron chi connectivity index (χ2n) is 9.84. The van der Waals surface area contributed by atoms with Crippen molar-refractivity contribution in [2.75, 3.05) is 13.2 Å². The molecule has 0 aliphatic heterocycles. The second-order valence-corrected chi connectivity index (χ2v) is 10.2. The van der Waals surface area contributed by atoms with Gasteiger partial charge in [-0.2, -0.15) is 0 Å². The van der Waals surface area contributed by atoms with E-state index in [1.807, 2.05) is 36.4 Å². The van der Waals surface area contributed by atoms with E-state index in [9.17, 15) is 14.4 Å². The van der Waals surface area contributed by atoms with Gasteiger partial charge in [0.2, 0.25) is 0 Å². The fourth-order valence-corrected chi connectivity index (χ4v) is 5.60. The van der Waals surface area contributed by atoms with E-state index in [-0.39, 0.29) is 35.0 Å². The Hall–Kier alpha value is -4.37. The monoisotopic (exact) mass is 560 g/mol. The first-order valence-corrected chi connectivity index (χ1v) is 13.4. The molecule has 0 radical (unpaired) electrons. The molecule has 2 amide bonds. The number of amides is 2. The van der Waals surface area contributed by atoms with E-state index in [0.29, 0.717) is 17.8 Å². The number of benzene rings is 3. The van der Waals surface area contributed by atoms with Gasteiger partial charge in [0.15, 0.2) is 0 Å². The van der Waals surface area contributed by atoms with Crippen molar-refractivity contribution >= 4 is 34.7 Å². The first-order chi connectivity index (χ1) is 19.3. The van der Waals surface area contributed by atoms with Crippen LogP contribution in [0.15, 0.2) is 71.5 Å². The third-order valence-corrected chi connectivity index (χ3v) is 7.57. The van der Waals surface area contributed by atoms with E-state index < -0.39 is 24.3 Å². The summed E-state index contributed by atoms with van der Waals surface area (Å²) in [5, 5.41) is 14.6. The summed E-state index contributed by atoms with van der Waals surface area (Å²) in [4.78, 5) is 42.2. The van der Waals surface area contributed by atoms with Crippen LogP contribution in [0.3, 0.4) is 0 Å². The van der Waals surface area contributed by atoms with Crippen molar-refractivity contribution in [3.8, 4) is 11.1 Å². The van der Waals surface area contributed by atoms with Crippen molar-refractivity contribution in [3.05, 3.63) is 99.1 Å². The highest BCUT2D eigenvalue weighted by atomic mass is 35.5. The van der Waals surface area contributed by atoms with Gasteiger partial charge in [0.25, 0.3) is 5.56 Å². The van der Waals surface area contributed by atoms with Crippen LogP contribution in [0.5, 0.6) is 0 Å². The fraction of sp³-hybridized carbons (Fsp3) is 0.267. The summed E-state index contributed by atoms with van der Waals surface area (Å²) >= 11 is 6.34. The molecule has 1 heterocycles. The molecule has 206 valence electrons. The molecule has 2 atom stereocenters. The highest BCUT2D eigenvalue weighted by Crippen LogP contribution is 2.44. The van der Waals surface area contributed by atoms with Crippen molar-refractivity contribution in [1.82, 2.24) is 20.2 Å². The van der Waals surface area contributed by atoms with Gasteiger partial charge >= 0.3 is 12.2 Å². The van der Waals surface area contributed by atoms with Crippen LogP contribution in [-0.4, -0.2) is 40.0 Å². The number of halogens is 1. The van der Waals surface area contributed by atoms with Gasteiger partial charge in [-0.1, -0.05) is 66.2 Å². The molecule has 1 aliphatic carbocycles. The summed E-state index contributed by atoms with van der Waals surface area (Å²) < 4.78 is 7.16. The average Bonchev–Trinajstić information content (AvgIpc) is 3.25. The summed E-state index contributed by atoms with van der Waals surface area (Å²) in [5.41, 5.74) is 4.52. The number of ether oxygens (including phenoxy) is 1. The number of carboxylic acid groups (broad SMARTS) is 1. The number of hydrogen-bond donors (Lipinski definition) is 3. The predicted octanol–water partition coefficient (Wildman–Crippen LogP) is 5.87. The highest BCUT2D eigenvalue weighted by Gasteiger charge is 2.29. The molecule has 0 saturated carbocycles. The number of alkyl carbamates (subject to hydrolysis) is 1. The Morgan fingerprint density at radius 1 is 1.02 bits per heavy atom. The van der Waals surface area contributed by atoms with Crippen LogP contribution in [0.25, 0.3) is 22.0 Å². The van der Waals surface area contributed by atoms with Gasteiger partial charge in [-0.25, -0.2) is 14.6 Å². The standard InChI is InChI=1S/C30H29ClN4O5/c1-17(14-15-32-29(37)38)35-27(34-25-13-7-12-24(31)26(25)28(35)36)18(2)33-30(39)40-16-23-21-10-5-3-8-19(21)20-9-4-6-11-22(20)23/h3-13,17-18,23,32H,14-16H2,1-2H3,(H,33,39)(H,37,38)/t17?,18-/m0/s1. The van der Waals surface area contributed by atoms with E-state index >= 15 is 0 Å². The van der Waals surface area contributed by atoms with E-state index in [1.54, 1.807) is 32.0 Å². The third-order valence-electron chi connectivity index (χ3n) is 7.25. The minimum Gasteiger partial charge on any atom is -0.465 e. The van der Waals surface area contributed by atoms with Gasteiger partial charge in [0.05, 0.1) is 22.0 Å². The molecule has 1 aliphatic rings. The summed E-state index contributed by atoms with van der Waals surface area (Å²) in [5.74, 6) is 0.227. The van der Waals surface area contributed by atoms with Gasteiger partial charge in [-0.05, 0) is 54.7 Å². The normalized spacial score (nSPS) is 13.8. The van der Waals surface area contributed by atoms with Crippen molar-refractivity contribution < 1.29 is 19.4 Å². The van der Waals surface area contributed by atoms with Crippen molar-refractivity contribution in [2.45, 2.75) is 38.3 Å². The molecule has 10 heteroatoms. The zero-order valence-electron chi connectivity index (χ0n) is 22.1. The van der Waals surface area contributed by atoms with Crippen LogP contribution in [0.1, 0.15) is 55.2 Å². The number of nitrogens with one attached hydrogen (secondary N) is 2. The number of aromatic nitrogens is 2. The smallest absolute Gasteiger partial charge is 0.407 e. The molecule has 1 unspecified atom stereocenters.